The molecule has 0 saturated carbocycles. The zero-order chi connectivity index (χ0) is 13.9. The van der Waals surface area contributed by atoms with Crippen molar-refractivity contribution in [3.8, 4) is 0 Å². The molecule has 106 valence electrons. The zero-order valence-corrected chi connectivity index (χ0v) is 12.4. The lowest BCUT2D eigenvalue weighted by Crippen LogP contribution is -2.42. The Morgan fingerprint density at radius 1 is 1.40 bits per heavy atom. The van der Waals surface area contributed by atoms with Gasteiger partial charge in [-0.25, -0.2) is 0 Å². The number of hydrogen-bond donors (Lipinski definition) is 0. The minimum absolute atomic E-state index is 0.315. The van der Waals surface area contributed by atoms with Crippen LogP contribution in [0.25, 0.3) is 10.9 Å². The number of aromatic nitrogens is 1. The fourth-order valence-electron chi connectivity index (χ4n) is 2.73. The number of fused-ring (bicyclic) bond motifs is 1. The fourth-order valence-corrected chi connectivity index (χ4v) is 2.86. The quantitative estimate of drug-likeness (QED) is 0.808. The van der Waals surface area contributed by atoms with Crippen molar-refractivity contribution in [1.82, 2.24) is 4.98 Å². The molecule has 1 unspecified atom stereocenters. The number of benzene rings is 1. The lowest BCUT2D eigenvalue weighted by molar-refractivity contribution is 0.0385. The molecule has 0 radical (unpaired) electrons. The molecule has 20 heavy (non-hydrogen) atoms. The van der Waals surface area contributed by atoms with Crippen molar-refractivity contribution < 1.29 is 4.74 Å². The topological polar surface area (TPSA) is 25.4 Å². The van der Waals surface area contributed by atoms with E-state index in [2.05, 4.69) is 35.0 Å². The van der Waals surface area contributed by atoms with E-state index in [1.165, 1.54) is 11.1 Å². The number of morpholine rings is 1. The predicted octanol–water partition coefficient (Wildman–Crippen LogP) is 3.59. The molecular weight excluding hydrogens is 272 g/mol. The highest BCUT2D eigenvalue weighted by Gasteiger charge is 2.21. The van der Waals surface area contributed by atoms with Gasteiger partial charge in [0.05, 0.1) is 29.8 Å². The molecule has 3 rings (SSSR count). The van der Waals surface area contributed by atoms with Crippen LogP contribution in [0.15, 0.2) is 30.3 Å². The minimum atomic E-state index is 0.315. The number of halogens is 1. The smallest absolute Gasteiger partial charge is 0.0748 e. The van der Waals surface area contributed by atoms with Crippen molar-refractivity contribution in [3.05, 3.63) is 36.0 Å². The molecule has 0 aliphatic carbocycles. The Morgan fingerprint density at radius 2 is 2.25 bits per heavy atom. The first-order valence-corrected chi connectivity index (χ1v) is 7.66. The first kappa shape index (κ1) is 13.7. The Morgan fingerprint density at radius 3 is 3.05 bits per heavy atom. The van der Waals surface area contributed by atoms with E-state index in [1.54, 1.807) is 0 Å². The summed E-state index contributed by atoms with van der Waals surface area (Å²) in [5.74, 6) is 0.444. The molecule has 4 heteroatoms. The van der Waals surface area contributed by atoms with E-state index < -0.39 is 0 Å². The van der Waals surface area contributed by atoms with Crippen LogP contribution in [0.4, 0.5) is 5.69 Å². The van der Waals surface area contributed by atoms with Gasteiger partial charge in [-0.2, -0.15) is 0 Å². The van der Waals surface area contributed by atoms with Gasteiger partial charge in [-0.05, 0) is 18.6 Å². The van der Waals surface area contributed by atoms with E-state index in [9.17, 15) is 0 Å². The normalized spacial score (nSPS) is 19.5. The van der Waals surface area contributed by atoms with Crippen molar-refractivity contribution in [2.45, 2.75) is 25.3 Å². The first-order valence-electron chi connectivity index (χ1n) is 7.13. The molecule has 1 aliphatic heterocycles. The first-order chi connectivity index (χ1) is 9.81. The summed E-state index contributed by atoms with van der Waals surface area (Å²) >= 11 is 5.99. The van der Waals surface area contributed by atoms with E-state index >= 15 is 0 Å². The van der Waals surface area contributed by atoms with Crippen molar-refractivity contribution >= 4 is 28.2 Å². The minimum Gasteiger partial charge on any atom is -0.375 e. The van der Waals surface area contributed by atoms with Crippen LogP contribution in [0.1, 0.15) is 19.0 Å². The summed E-state index contributed by atoms with van der Waals surface area (Å²) in [6.07, 6.45) is 1.36. The van der Waals surface area contributed by atoms with Gasteiger partial charge >= 0.3 is 0 Å². The molecule has 0 N–H and O–H groups in total. The van der Waals surface area contributed by atoms with Gasteiger partial charge in [0, 0.05) is 24.2 Å². The summed E-state index contributed by atoms with van der Waals surface area (Å²) in [5.41, 5.74) is 3.17. The molecule has 1 aliphatic rings. The summed E-state index contributed by atoms with van der Waals surface area (Å²) in [4.78, 5) is 7.00. The number of pyridine rings is 1. The maximum atomic E-state index is 5.99. The Kier molecular flexibility index (Phi) is 4.08. The number of nitrogens with zero attached hydrogens (tertiary/aromatic N) is 2. The summed E-state index contributed by atoms with van der Waals surface area (Å²) in [6, 6.07) is 10.4. The largest absolute Gasteiger partial charge is 0.375 e. The summed E-state index contributed by atoms with van der Waals surface area (Å²) < 4.78 is 5.76. The Hall–Kier alpha value is -1.32. The van der Waals surface area contributed by atoms with Crippen LogP contribution < -0.4 is 4.90 Å². The molecule has 3 nitrogen and oxygen atoms in total. The van der Waals surface area contributed by atoms with Crippen molar-refractivity contribution in [2.24, 2.45) is 0 Å². The van der Waals surface area contributed by atoms with Crippen molar-refractivity contribution in [2.75, 3.05) is 24.6 Å². The maximum absolute atomic E-state index is 5.99. The molecule has 0 amide bonds. The van der Waals surface area contributed by atoms with Crippen LogP contribution >= 0.6 is 11.6 Å². The van der Waals surface area contributed by atoms with Gasteiger partial charge in [0.15, 0.2) is 0 Å². The predicted molar refractivity (Wildman–Crippen MR) is 83.5 cm³/mol. The molecule has 1 saturated heterocycles. The second kappa shape index (κ2) is 5.98. The number of rotatable bonds is 3. The number of hydrogen-bond acceptors (Lipinski definition) is 3. The third-order valence-electron chi connectivity index (χ3n) is 3.82. The third kappa shape index (κ3) is 2.60. The Labute approximate surface area is 124 Å². The third-order valence-corrected chi connectivity index (χ3v) is 4.09. The van der Waals surface area contributed by atoms with Crippen LogP contribution in [0.3, 0.4) is 0 Å². The van der Waals surface area contributed by atoms with Crippen molar-refractivity contribution in [3.63, 3.8) is 0 Å². The maximum Gasteiger partial charge on any atom is 0.0748 e. The highest BCUT2D eigenvalue weighted by Crippen LogP contribution is 2.29. The second-order valence-corrected chi connectivity index (χ2v) is 5.40. The molecule has 1 aromatic heterocycles. The van der Waals surface area contributed by atoms with E-state index in [0.29, 0.717) is 12.0 Å². The molecule has 2 heterocycles. The monoisotopic (exact) mass is 290 g/mol. The molecule has 0 bridgehead atoms. The zero-order valence-electron chi connectivity index (χ0n) is 11.7. The van der Waals surface area contributed by atoms with Gasteiger partial charge in [-0.3, -0.25) is 4.98 Å². The van der Waals surface area contributed by atoms with Crippen molar-refractivity contribution in [1.29, 1.82) is 0 Å². The van der Waals surface area contributed by atoms with Gasteiger partial charge in [0.25, 0.3) is 0 Å². The average Bonchev–Trinajstić information content (AvgIpc) is 2.53. The lowest BCUT2D eigenvalue weighted by Gasteiger charge is -2.35. The lowest BCUT2D eigenvalue weighted by atomic mass is 10.1. The van der Waals surface area contributed by atoms with E-state index in [1.807, 2.05) is 12.1 Å². The standard InChI is InChI=1S/C16H19ClN2O/c1-2-13-11-19(7-8-20-13)16-9-12(10-17)18-15-6-4-3-5-14(15)16/h3-6,9,13H,2,7-8,10-11H2,1H3. The highest BCUT2D eigenvalue weighted by atomic mass is 35.5. The van der Waals surface area contributed by atoms with Gasteiger partial charge in [0.2, 0.25) is 0 Å². The van der Waals surface area contributed by atoms with Gasteiger partial charge < -0.3 is 9.64 Å². The summed E-state index contributed by atoms with van der Waals surface area (Å²) in [5, 5.41) is 1.19. The number of anilines is 1. The molecular formula is C16H19ClN2O. The van der Waals surface area contributed by atoms with Gasteiger partial charge in [-0.1, -0.05) is 25.1 Å². The molecule has 2 aromatic rings. The molecule has 1 aromatic carbocycles. The van der Waals surface area contributed by atoms with Gasteiger partial charge in [0.1, 0.15) is 0 Å². The Bertz CT molecular complexity index is 602. The van der Waals surface area contributed by atoms with Crippen LogP contribution in [0, 0.1) is 0 Å². The van der Waals surface area contributed by atoms with E-state index in [-0.39, 0.29) is 0 Å². The number of para-hydroxylation sites is 1. The van der Waals surface area contributed by atoms with Crippen LogP contribution in [0.5, 0.6) is 0 Å². The summed E-state index contributed by atoms with van der Waals surface area (Å²) in [7, 11) is 0. The summed E-state index contributed by atoms with van der Waals surface area (Å²) in [6.45, 7) is 4.81. The number of alkyl halides is 1. The molecule has 1 fully saturated rings. The van der Waals surface area contributed by atoms with Crippen LogP contribution in [0.2, 0.25) is 0 Å². The fraction of sp³-hybridized carbons (Fsp3) is 0.438. The average molecular weight is 291 g/mol. The molecule has 1 atom stereocenters. The SMILES string of the molecule is CCC1CN(c2cc(CCl)nc3ccccc23)CCO1. The van der Waals surface area contributed by atoms with Crippen LogP contribution in [-0.4, -0.2) is 30.8 Å². The van der Waals surface area contributed by atoms with E-state index in [0.717, 1.165) is 37.3 Å². The second-order valence-electron chi connectivity index (χ2n) is 5.13. The van der Waals surface area contributed by atoms with Crippen LogP contribution in [-0.2, 0) is 10.6 Å². The molecule has 0 spiro atoms. The van der Waals surface area contributed by atoms with E-state index in [4.69, 9.17) is 16.3 Å². The number of ether oxygens (including phenoxy) is 1. The Balaban J connectivity index is 2.04. The van der Waals surface area contributed by atoms with Gasteiger partial charge in [-0.15, -0.1) is 11.6 Å². The highest BCUT2D eigenvalue weighted by molar-refractivity contribution is 6.17.